The van der Waals surface area contributed by atoms with Crippen LogP contribution in [0.1, 0.15) is 48.6 Å². The molecule has 192 valence electrons. The van der Waals surface area contributed by atoms with E-state index in [9.17, 15) is 4.79 Å². The van der Waals surface area contributed by atoms with Gasteiger partial charge in [0.15, 0.2) is 11.4 Å². The molecule has 0 saturated heterocycles. The molecule has 38 heavy (non-hydrogen) atoms. The molecule has 1 unspecified atom stereocenters. The minimum atomic E-state index is -0.740. The lowest BCUT2D eigenvalue weighted by Gasteiger charge is -2.21. The number of carbonyl (C=O) groups is 1. The van der Waals surface area contributed by atoms with Gasteiger partial charge in [-0.2, -0.15) is 0 Å². The van der Waals surface area contributed by atoms with Gasteiger partial charge in [-0.05, 0) is 50.6 Å². The number of halogens is 2. The molecule has 5 rings (SSSR count). The second-order valence-electron chi connectivity index (χ2n) is 9.80. The largest absolute Gasteiger partial charge is 0.466 e. The van der Waals surface area contributed by atoms with E-state index in [-0.39, 0.29) is 23.4 Å². The quantitative estimate of drug-likeness (QED) is 0.241. The number of aromatic nitrogens is 2. The molecule has 0 saturated carbocycles. The third-order valence-corrected chi connectivity index (χ3v) is 6.26. The van der Waals surface area contributed by atoms with E-state index in [0.717, 1.165) is 16.7 Å². The fourth-order valence-electron chi connectivity index (χ4n) is 4.02. The number of nitrogens with zero attached hydrogens (tertiary/aromatic N) is 3. The number of rotatable bonds is 5. The third-order valence-electron chi connectivity index (χ3n) is 5.75. The summed E-state index contributed by atoms with van der Waals surface area (Å²) in [5.41, 5.74) is 3.02. The van der Waals surface area contributed by atoms with Crippen LogP contribution in [0.25, 0.3) is 22.5 Å². The minimum absolute atomic E-state index is 0.0232. The summed E-state index contributed by atoms with van der Waals surface area (Å²) in [7, 11) is 0. The molecular formula is C30H25Cl2N3O3. The first-order valence-corrected chi connectivity index (χ1v) is 12.9. The van der Waals surface area contributed by atoms with Gasteiger partial charge in [0.05, 0.1) is 17.9 Å². The van der Waals surface area contributed by atoms with Crippen LogP contribution in [0.15, 0.2) is 83.9 Å². The number of hydrogen-bond donors (Lipinski definition) is 0. The zero-order chi connectivity index (χ0) is 26.9. The van der Waals surface area contributed by atoms with Gasteiger partial charge in [0.25, 0.3) is 0 Å². The summed E-state index contributed by atoms with van der Waals surface area (Å²) in [6.45, 7) is 5.80. The maximum Gasteiger partial charge on any atom is 0.359 e. The smallest absolute Gasteiger partial charge is 0.359 e. The molecule has 0 radical (unpaired) electrons. The van der Waals surface area contributed by atoms with E-state index in [2.05, 4.69) is 4.99 Å². The summed E-state index contributed by atoms with van der Waals surface area (Å²) >= 11 is 12.3. The predicted molar refractivity (Wildman–Crippen MR) is 150 cm³/mol. The Kier molecular flexibility index (Phi) is 7.19. The van der Waals surface area contributed by atoms with Crippen molar-refractivity contribution in [3.63, 3.8) is 0 Å². The van der Waals surface area contributed by atoms with E-state index < -0.39 is 11.6 Å². The van der Waals surface area contributed by atoms with Gasteiger partial charge in [-0.3, -0.25) is 0 Å². The van der Waals surface area contributed by atoms with Crippen molar-refractivity contribution in [2.24, 2.45) is 4.99 Å². The van der Waals surface area contributed by atoms with Crippen LogP contribution >= 0.6 is 23.2 Å². The number of benzene rings is 3. The number of esters is 1. The molecule has 0 aliphatic carbocycles. The standard InChI is InChI=1S/C30H25Cl2N3O3/c1-30(2,3)38-29(36)27-26(28-33-17-23(37-28)18-7-5-4-6-8-18)34-24(19-9-13-21(31)14-10-19)25(35-27)20-11-15-22(32)16-12-20/h4-16,23H,17H2,1-3H3. The molecule has 0 bridgehead atoms. The lowest BCUT2D eigenvalue weighted by atomic mass is 10.0. The normalized spacial score (nSPS) is 15.1. The average Bonchev–Trinajstić information content (AvgIpc) is 3.39. The Bertz CT molecular complexity index is 1500. The molecule has 0 amide bonds. The third kappa shape index (κ3) is 5.72. The predicted octanol–water partition coefficient (Wildman–Crippen LogP) is 7.59. The molecule has 0 spiro atoms. The minimum Gasteiger partial charge on any atom is -0.466 e. The van der Waals surface area contributed by atoms with Gasteiger partial charge >= 0.3 is 5.97 Å². The monoisotopic (exact) mass is 545 g/mol. The molecule has 4 aromatic rings. The van der Waals surface area contributed by atoms with Crippen molar-refractivity contribution in [3.05, 3.63) is 106 Å². The van der Waals surface area contributed by atoms with E-state index in [0.29, 0.717) is 28.0 Å². The van der Waals surface area contributed by atoms with Gasteiger partial charge in [-0.25, -0.2) is 19.8 Å². The van der Waals surface area contributed by atoms with Gasteiger partial charge in [-0.1, -0.05) is 77.8 Å². The lowest BCUT2D eigenvalue weighted by molar-refractivity contribution is 0.00617. The van der Waals surface area contributed by atoms with E-state index in [1.165, 1.54) is 0 Å². The van der Waals surface area contributed by atoms with Crippen LogP contribution in [-0.2, 0) is 9.47 Å². The first kappa shape index (κ1) is 25.9. The Morgan fingerprint density at radius 3 is 1.92 bits per heavy atom. The average molecular weight is 546 g/mol. The second kappa shape index (κ2) is 10.6. The van der Waals surface area contributed by atoms with E-state index in [1.54, 1.807) is 45.0 Å². The van der Waals surface area contributed by atoms with E-state index in [1.807, 2.05) is 54.6 Å². The fourth-order valence-corrected chi connectivity index (χ4v) is 4.27. The summed E-state index contributed by atoms with van der Waals surface area (Å²) in [6, 6.07) is 24.3. The van der Waals surface area contributed by atoms with Gasteiger partial charge in [0, 0.05) is 21.2 Å². The molecule has 0 fully saturated rings. The molecule has 1 aromatic heterocycles. The maximum atomic E-state index is 13.4. The van der Waals surface area contributed by atoms with Crippen molar-refractivity contribution in [1.29, 1.82) is 0 Å². The van der Waals surface area contributed by atoms with Crippen LogP contribution in [0.4, 0.5) is 0 Å². The molecule has 3 aromatic carbocycles. The molecule has 8 heteroatoms. The van der Waals surface area contributed by atoms with Crippen molar-refractivity contribution in [2.45, 2.75) is 32.5 Å². The van der Waals surface area contributed by atoms with Crippen molar-refractivity contribution in [2.75, 3.05) is 6.54 Å². The van der Waals surface area contributed by atoms with Crippen molar-refractivity contribution >= 4 is 35.1 Å². The lowest BCUT2D eigenvalue weighted by Crippen LogP contribution is -2.27. The Balaban J connectivity index is 1.68. The first-order valence-electron chi connectivity index (χ1n) is 12.1. The highest BCUT2D eigenvalue weighted by molar-refractivity contribution is 6.31. The number of ether oxygens (including phenoxy) is 2. The maximum absolute atomic E-state index is 13.4. The highest BCUT2D eigenvalue weighted by Gasteiger charge is 2.32. The summed E-state index contributed by atoms with van der Waals surface area (Å²) in [6.07, 6.45) is -0.297. The van der Waals surface area contributed by atoms with Crippen LogP contribution in [0.2, 0.25) is 10.0 Å². The van der Waals surface area contributed by atoms with Crippen molar-refractivity contribution in [3.8, 4) is 22.5 Å². The molecule has 1 aliphatic rings. The Hall–Kier alpha value is -3.74. The highest BCUT2D eigenvalue weighted by atomic mass is 35.5. The molecule has 0 N–H and O–H groups in total. The fraction of sp³-hybridized carbons (Fsp3) is 0.200. The van der Waals surface area contributed by atoms with Crippen LogP contribution in [0.5, 0.6) is 0 Å². The Labute approximate surface area is 231 Å². The van der Waals surface area contributed by atoms with E-state index >= 15 is 0 Å². The molecule has 1 aliphatic heterocycles. The van der Waals surface area contributed by atoms with Crippen LogP contribution in [0, 0.1) is 0 Å². The van der Waals surface area contributed by atoms with Gasteiger partial charge in [-0.15, -0.1) is 0 Å². The second-order valence-corrected chi connectivity index (χ2v) is 10.7. The van der Waals surface area contributed by atoms with Gasteiger partial charge in [0.1, 0.15) is 11.7 Å². The topological polar surface area (TPSA) is 73.7 Å². The zero-order valence-corrected chi connectivity index (χ0v) is 22.6. The Morgan fingerprint density at radius 2 is 1.37 bits per heavy atom. The number of hydrogen-bond acceptors (Lipinski definition) is 6. The molecule has 2 heterocycles. The summed E-state index contributed by atoms with van der Waals surface area (Å²) in [5, 5.41) is 1.17. The molecule has 6 nitrogen and oxygen atoms in total. The summed E-state index contributed by atoms with van der Waals surface area (Å²) < 4.78 is 11.9. The zero-order valence-electron chi connectivity index (χ0n) is 21.1. The van der Waals surface area contributed by atoms with Gasteiger partial charge < -0.3 is 9.47 Å². The molecule has 1 atom stereocenters. The number of carbonyl (C=O) groups excluding carboxylic acids is 1. The van der Waals surface area contributed by atoms with Crippen LogP contribution < -0.4 is 0 Å². The SMILES string of the molecule is CC(C)(C)OC(=O)c1nc(-c2ccc(Cl)cc2)c(-c2ccc(Cl)cc2)nc1C1=NCC(c2ccccc2)O1. The van der Waals surface area contributed by atoms with Crippen molar-refractivity contribution in [1.82, 2.24) is 9.97 Å². The highest BCUT2D eigenvalue weighted by Crippen LogP contribution is 2.34. The Morgan fingerprint density at radius 1 is 0.816 bits per heavy atom. The van der Waals surface area contributed by atoms with Crippen LogP contribution in [-0.4, -0.2) is 34.0 Å². The van der Waals surface area contributed by atoms with Crippen molar-refractivity contribution < 1.29 is 14.3 Å². The first-order chi connectivity index (χ1) is 18.2. The molecular weight excluding hydrogens is 521 g/mol. The van der Waals surface area contributed by atoms with Crippen LogP contribution in [0.3, 0.4) is 0 Å². The summed E-state index contributed by atoms with van der Waals surface area (Å²) in [5.74, 6) is -0.377. The summed E-state index contributed by atoms with van der Waals surface area (Å²) in [4.78, 5) is 27.8. The van der Waals surface area contributed by atoms with E-state index in [4.69, 9.17) is 42.6 Å². The van der Waals surface area contributed by atoms with Gasteiger partial charge in [0.2, 0.25) is 5.90 Å². The number of aliphatic imine (C=N–C) groups is 1.